The average molecular weight is 568 g/mol. The number of imidazole rings is 1. The summed E-state index contributed by atoms with van der Waals surface area (Å²) in [5.41, 5.74) is -2.15. The highest BCUT2D eigenvalue weighted by atomic mass is 35.5. The molecule has 0 saturated carbocycles. The summed E-state index contributed by atoms with van der Waals surface area (Å²) < 4.78 is 35.2. The third-order valence-electron chi connectivity index (χ3n) is 7.03. The second-order valence-corrected chi connectivity index (χ2v) is 10.2. The Labute approximate surface area is 234 Å². The molecular weight excluding hydrogens is 541 g/mol. The van der Waals surface area contributed by atoms with E-state index in [9.17, 15) is 9.59 Å². The number of esters is 2. The van der Waals surface area contributed by atoms with Crippen molar-refractivity contribution in [3.63, 3.8) is 0 Å². The van der Waals surface area contributed by atoms with Crippen molar-refractivity contribution >= 4 is 40.5 Å². The summed E-state index contributed by atoms with van der Waals surface area (Å²) in [6, 6.07) is 15.7. The molecule has 1 aliphatic heterocycles. The van der Waals surface area contributed by atoms with E-state index in [2.05, 4.69) is 20.3 Å². The monoisotopic (exact) mass is 567 g/mol. The minimum absolute atomic E-state index is 0.296. The number of rotatable bonds is 8. The third-order valence-corrected chi connectivity index (χ3v) is 7.27. The molecule has 2 aromatic heterocycles. The number of fused-ring (bicyclic) bond motifs is 1. The Hall–Kier alpha value is -4.09. The summed E-state index contributed by atoms with van der Waals surface area (Å²) in [4.78, 5) is 37.6. The molecule has 4 atom stereocenters. The van der Waals surface area contributed by atoms with Gasteiger partial charge < -0.3 is 19.5 Å². The first-order valence-corrected chi connectivity index (χ1v) is 12.9. The van der Waals surface area contributed by atoms with Crippen molar-refractivity contribution in [1.82, 2.24) is 19.5 Å². The fraction of sp³-hybridized carbons (Fsp3) is 0.321. The zero-order valence-electron chi connectivity index (χ0n) is 22.0. The van der Waals surface area contributed by atoms with Crippen LogP contribution < -0.4 is 5.32 Å². The predicted octanol–water partition coefficient (Wildman–Crippen LogP) is 4.90. The first-order chi connectivity index (χ1) is 19.1. The predicted molar refractivity (Wildman–Crippen MR) is 144 cm³/mol. The SMILES string of the molecule is CC(=O)OC1(C)[C@@H](COC(=O)c2ccccc2)OC(n2cnc3c(NCc4cccc(Cl)c4)ncnc32)[C@]1(C)F. The Morgan fingerprint density at radius 1 is 1.12 bits per heavy atom. The minimum atomic E-state index is -2.28. The second-order valence-electron chi connectivity index (χ2n) is 9.75. The van der Waals surface area contributed by atoms with Gasteiger partial charge >= 0.3 is 11.9 Å². The Kier molecular flexibility index (Phi) is 7.43. The number of hydrogen-bond donors (Lipinski definition) is 1. The Bertz CT molecular complexity index is 1550. The van der Waals surface area contributed by atoms with E-state index in [-0.39, 0.29) is 6.61 Å². The molecule has 2 unspecified atom stereocenters. The molecule has 0 aliphatic carbocycles. The molecule has 5 rings (SSSR count). The number of nitrogens with one attached hydrogen (secondary N) is 1. The van der Waals surface area contributed by atoms with Crippen LogP contribution in [0, 0.1) is 0 Å². The molecule has 1 fully saturated rings. The lowest BCUT2D eigenvalue weighted by atomic mass is 9.84. The molecule has 0 amide bonds. The fourth-order valence-electron chi connectivity index (χ4n) is 4.76. The van der Waals surface area contributed by atoms with Gasteiger partial charge in [-0.15, -0.1) is 0 Å². The van der Waals surface area contributed by atoms with Crippen molar-refractivity contribution in [2.75, 3.05) is 11.9 Å². The summed E-state index contributed by atoms with van der Waals surface area (Å²) in [5, 5.41) is 3.82. The summed E-state index contributed by atoms with van der Waals surface area (Å²) in [7, 11) is 0. The Morgan fingerprint density at radius 3 is 2.62 bits per heavy atom. The van der Waals surface area contributed by atoms with Crippen LogP contribution in [-0.4, -0.2) is 55.4 Å². The van der Waals surface area contributed by atoms with Crippen molar-refractivity contribution in [2.24, 2.45) is 0 Å². The standard InChI is InChI=1S/C28H27ClFN5O5/c1-17(36)40-28(3)21(14-38-25(37)19-9-5-4-6-10-19)39-26(27(28,2)30)35-16-34-22-23(32-15-33-24(22)35)31-13-18-8-7-11-20(29)12-18/h4-12,15-16,21,26H,13-14H2,1-3H3,(H,31,32,33)/t21-,26?,27+,28?/m1/s1. The summed E-state index contributed by atoms with van der Waals surface area (Å²) in [6.07, 6.45) is 0.260. The zero-order valence-corrected chi connectivity index (χ0v) is 22.8. The van der Waals surface area contributed by atoms with Gasteiger partial charge in [-0.1, -0.05) is 41.9 Å². The van der Waals surface area contributed by atoms with E-state index in [1.807, 2.05) is 18.2 Å². The van der Waals surface area contributed by atoms with Gasteiger partial charge in [0.25, 0.3) is 0 Å². The molecule has 0 bridgehead atoms. The Morgan fingerprint density at radius 2 is 1.90 bits per heavy atom. The maximum absolute atomic E-state index is 16.7. The van der Waals surface area contributed by atoms with Crippen molar-refractivity contribution in [3.8, 4) is 0 Å². The van der Waals surface area contributed by atoms with E-state index in [4.69, 9.17) is 25.8 Å². The molecule has 4 aromatic rings. The number of nitrogens with zero attached hydrogens (tertiary/aromatic N) is 4. The van der Waals surface area contributed by atoms with E-state index in [0.717, 1.165) is 5.56 Å². The van der Waals surface area contributed by atoms with Gasteiger partial charge in [-0.3, -0.25) is 9.36 Å². The van der Waals surface area contributed by atoms with Crippen LogP contribution in [0.15, 0.2) is 67.3 Å². The molecule has 10 nitrogen and oxygen atoms in total. The van der Waals surface area contributed by atoms with E-state index in [1.54, 1.807) is 36.4 Å². The smallest absolute Gasteiger partial charge is 0.338 e. The number of anilines is 1. The van der Waals surface area contributed by atoms with Gasteiger partial charge in [0.05, 0.1) is 11.9 Å². The molecule has 3 heterocycles. The maximum Gasteiger partial charge on any atom is 0.338 e. The molecule has 2 aromatic carbocycles. The number of alkyl halides is 1. The quantitative estimate of drug-likeness (QED) is 0.297. The molecular formula is C28H27ClFN5O5. The number of ether oxygens (including phenoxy) is 3. The third kappa shape index (κ3) is 5.09. The van der Waals surface area contributed by atoms with E-state index < -0.39 is 35.5 Å². The average Bonchev–Trinajstić information content (AvgIpc) is 3.43. The fourth-order valence-corrected chi connectivity index (χ4v) is 4.97. The van der Waals surface area contributed by atoms with Crippen LogP contribution in [-0.2, 0) is 25.5 Å². The van der Waals surface area contributed by atoms with E-state index >= 15 is 4.39 Å². The van der Waals surface area contributed by atoms with Crippen molar-refractivity contribution in [2.45, 2.75) is 50.9 Å². The van der Waals surface area contributed by atoms with Crippen LogP contribution in [0.25, 0.3) is 11.2 Å². The summed E-state index contributed by atoms with van der Waals surface area (Å²) in [6.45, 7) is 3.92. The molecule has 1 N–H and O–H groups in total. The van der Waals surface area contributed by atoms with Crippen LogP contribution in [0.5, 0.6) is 0 Å². The number of aromatic nitrogens is 4. The Balaban J connectivity index is 1.42. The zero-order chi connectivity index (χ0) is 28.5. The van der Waals surface area contributed by atoms with Gasteiger partial charge in [-0.2, -0.15) is 0 Å². The number of carbonyl (C=O) groups excluding carboxylic acids is 2. The number of benzene rings is 2. The summed E-state index contributed by atoms with van der Waals surface area (Å²) in [5.74, 6) is -0.895. The van der Waals surface area contributed by atoms with Gasteiger partial charge in [0.15, 0.2) is 34.5 Å². The van der Waals surface area contributed by atoms with Gasteiger partial charge in [0, 0.05) is 18.5 Å². The lowest BCUT2D eigenvalue weighted by Crippen LogP contribution is -2.55. The summed E-state index contributed by atoms with van der Waals surface area (Å²) >= 11 is 6.08. The topological polar surface area (TPSA) is 117 Å². The molecule has 208 valence electrons. The van der Waals surface area contributed by atoms with Crippen LogP contribution in [0.2, 0.25) is 5.02 Å². The number of halogens is 2. The largest absolute Gasteiger partial charge is 0.459 e. The van der Waals surface area contributed by atoms with Gasteiger partial charge in [-0.05, 0) is 43.7 Å². The van der Waals surface area contributed by atoms with Gasteiger partial charge in [-0.25, -0.2) is 24.1 Å². The highest BCUT2D eigenvalue weighted by molar-refractivity contribution is 6.30. The highest BCUT2D eigenvalue weighted by Gasteiger charge is 2.66. The van der Waals surface area contributed by atoms with Crippen LogP contribution >= 0.6 is 11.6 Å². The lowest BCUT2D eigenvalue weighted by molar-refractivity contribution is -0.175. The second kappa shape index (κ2) is 10.8. The number of hydrogen-bond acceptors (Lipinski definition) is 9. The first-order valence-electron chi connectivity index (χ1n) is 12.5. The number of carbonyl (C=O) groups is 2. The molecule has 12 heteroatoms. The van der Waals surface area contributed by atoms with Crippen LogP contribution in [0.3, 0.4) is 0 Å². The van der Waals surface area contributed by atoms with E-state index in [1.165, 1.54) is 38.0 Å². The maximum atomic E-state index is 16.7. The molecule has 40 heavy (non-hydrogen) atoms. The van der Waals surface area contributed by atoms with Crippen molar-refractivity contribution in [1.29, 1.82) is 0 Å². The van der Waals surface area contributed by atoms with Crippen LogP contribution in [0.4, 0.5) is 10.2 Å². The first kappa shape index (κ1) is 27.5. The minimum Gasteiger partial charge on any atom is -0.459 e. The van der Waals surface area contributed by atoms with Gasteiger partial charge in [0.2, 0.25) is 0 Å². The normalized spacial score (nSPS) is 24.1. The van der Waals surface area contributed by atoms with Crippen molar-refractivity contribution < 1.29 is 28.2 Å². The van der Waals surface area contributed by atoms with Gasteiger partial charge in [0.1, 0.15) is 19.0 Å². The molecule has 1 saturated heterocycles. The van der Waals surface area contributed by atoms with Crippen molar-refractivity contribution in [3.05, 3.63) is 83.4 Å². The highest BCUT2D eigenvalue weighted by Crippen LogP contribution is 2.51. The van der Waals surface area contributed by atoms with E-state index in [0.29, 0.717) is 34.1 Å². The van der Waals surface area contributed by atoms with Crippen LogP contribution in [0.1, 0.15) is 42.9 Å². The molecule has 1 aliphatic rings. The molecule has 0 spiro atoms. The molecule has 0 radical (unpaired) electrons. The lowest BCUT2D eigenvalue weighted by Gasteiger charge is -2.36.